The van der Waals surface area contributed by atoms with Crippen molar-refractivity contribution in [2.75, 3.05) is 5.32 Å². The lowest BCUT2D eigenvalue weighted by molar-refractivity contribution is -0.128. The molecule has 0 saturated heterocycles. The molecule has 0 atom stereocenters. The monoisotopic (exact) mass is 361 g/mol. The topological polar surface area (TPSA) is 72.5 Å². The molecule has 0 saturated carbocycles. The number of ether oxygens (including phenoxy) is 1. The molecule has 1 heterocycles. The molecule has 128 valence electrons. The number of Topliss-reactive ketones (excluding diaryl/α,β-unsaturated/α-hetero) is 2. The van der Waals surface area contributed by atoms with Crippen molar-refractivity contribution >= 4 is 34.8 Å². The van der Waals surface area contributed by atoms with Gasteiger partial charge in [0.1, 0.15) is 11.6 Å². The second kappa shape index (κ2) is 5.97. The number of halogens is 2. The van der Waals surface area contributed by atoms with E-state index in [0.29, 0.717) is 0 Å². The third kappa shape index (κ3) is 3.00. The molecule has 0 radical (unpaired) electrons. The van der Waals surface area contributed by atoms with Gasteiger partial charge in [-0.05, 0) is 38.1 Å². The molecule has 25 heavy (non-hydrogen) atoms. The minimum Gasteiger partial charge on any atom is -0.479 e. The van der Waals surface area contributed by atoms with Crippen molar-refractivity contribution in [2.45, 2.75) is 19.4 Å². The van der Waals surface area contributed by atoms with Crippen LogP contribution in [0.25, 0.3) is 0 Å². The predicted octanol–water partition coefficient (Wildman–Crippen LogP) is 3.65. The number of hydrogen-bond donors (Lipinski definition) is 1. The van der Waals surface area contributed by atoms with Gasteiger partial charge >= 0.3 is 0 Å². The number of hydrogen-bond acceptors (Lipinski definition) is 4. The van der Waals surface area contributed by atoms with E-state index in [9.17, 15) is 18.8 Å². The van der Waals surface area contributed by atoms with Crippen LogP contribution in [-0.4, -0.2) is 23.1 Å². The van der Waals surface area contributed by atoms with E-state index in [4.69, 9.17) is 16.3 Å². The summed E-state index contributed by atoms with van der Waals surface area (Å²) in [5, 5.41) is 2.48. The van der Waals surface area contributed by atoms with Crippen molar-refractivity contribution in [1.82, 2.24) is 0 Å². The van der Waals surface area contributed by atoms with Crippen molar-refractivity contribution < 1.29 is 23.5 Å². The summed E-state index contributed by atoms with van der Waals surface area (Å²) < 4.78 is 19.4. The number of carbonyl (C=O) groups is 3. The van der Waals surface area contributed by atoms with Gasteiger partial charge in [0.2, 0.25) is 11.6 Å². The van der Waals surface area contributed by atoms with Gasteiger partial charge in [0.15, 0.2) is 5.60 Å². The number of amides is 1. The smallest absolute Gasteiger partial charge is 0.260 e. The van der Waals surface area contributed by atoms with E-state index in [-0.39, 0.29) is 27.6 Å². The molecule has 2 aromatic rings. The third-order valence-electron chi connectivity index (χ3n) is 3.79. The van der Waals surface area contributed by atoms with E-state index in [1.165, 1.54) is 44.2 Å². The van der Waals surface area contributed by atoms with E-state index in [1.807, 2.05) is 0 Å². The van der Waals surface area contributed by atoms with Crippen LogP contribution in [0.15, 0.2) is 36.4 Å². The minimum atomic E-state index is -1.29. The first kappa shape index (κ1) is 17.1. The fourth-order valence-corrected chi connectivity index (χ4v) is 2.75. The average molecular weight is 362 g/mol. The van der Waals surface area contributed by atoms with Gasteiger partial charge in [-0.3, -0.25) is 14.4 Å². The van der Waals surface area contributed by atoms with Gasteiger partial charge in [-0.1, -0.05) is 17.7 Å². The number of carbonyl (C=O) groups excluding carboxylic acids is 3. The normalized spacial score (nSPS) is 15.4. The summed E-state index contributed by atoms with van der Waals surface area (Å²) >= 11 is 5.87. The van der Waals surface area contributed by atoms with Crippen molar-refractivity contribution in [2.24, 2.45) is 0 Å². The van der Waals surface area contributed by atoms with Crippen LogP contribution >= 0.6 is 11.6 Å². The molecule has 1 N–H and O–H groups in total. The molecule has 5 nitrogen and oxygen atoms in total. The van der Waals surface area contributed by atoms with Gasteiger partial charge in [0.25, 0.3) is 5.91 Å². The Hall–Kier alpha value is -2.73. The molecule has 1 amide bonds. The van der Waals surface area contributed by atoms with Crippen LogP contribution in [0.5, 0.6) is 5.75 Å². The van der Waals surface area contributed by atoms with Gasteiger partial charge in [-0.2, -0.15) is 0 Å². The van der Waals surface area contributed by atoms with E-state index >= 15 is 0 Å². The second-order valence-corrected chi connectivity index (χ2v) is 6.44. The number of anilines is 1. The van der Waals surface area contributed by atoms with Crippen LogP contribution in [-0.2, 0) is 4.79 Å². The zero-order valence-corrected chi connectivity index (χ0v) is 14.1. The SMILES string of the molecule is CC1(C)Oc2cc(NC(=O)c3c(F)cccc3Cl)ccc2C(=O)C1=O. The van der Waals surface area contributed by atoms with E-state index in [1.54, 1.807) is 0 Å². The van der Waals surface area contributed by atoms with Crippen LogP contribution in [0.3, 0.4) is 0 Å². The van der Waals surface area contributed by atoms with Gasteiger partial charge in [0.05, 0.1) is 16.1 Å². The standard InChI is InChI=1S/C18H13ClFNO4/c1-18(2)16(23)15(22)10-7-6-9(8-13(10)25-18)21-17(24)14-11(19)4-3-5-12(14)20/h3-8H,1-2H3,(H,21,24). The van der Waals surface area contributed by atoms with Gasteiger partial charge < -0.3 is 10.1 Å². The third-order valence-corrected chi connectivity index (χ3v) is 4.11. The lowest BCUT2D eigenvalue weighted by atomic mass is 9.91. The van der Waals surface area contributed by atoms with Crippen LogP contribution in [0, 0.1) is 5.82 Å². The van der Waals surface area contributed by atoms with Crippen molar-refractivity contribution in [1.29, 1.82) is 0 Å². The molecule has 0 spiro atoms. The quantitative estimate of drug-likeness (QED) is 0.829. The summed E-state index contributed by atoms with van der Waals surface area (Å²) in [6, 6.07) is 8.15. The van der Waals surface area contributed by atoms with Crippen LogP contribution in [0.4, 0.5) is 10.1 Å². The van der Waals surface area contributed by atoms with Crippen LogP contribution < -0.4 is 10.1 Å². The summed E-state index contributed by atoms with van der Waals surface area (Å²) in [5.41, 5.74) is -1.18. The van der Waals surface area contributed by atoms with Crippen molar-refractivity contribution in [3.05, 3.63) is 58.4 Å². The molecule has 1 aliphatic rings. The first-order valence-electron chi connectivity index (χ1n) is 7.38. The van der Waals surface area contributed by atoms with Gasteiger partial charge in [-0.25, -0.2) is 4.39 Å². The Morgan fingerprint density at radius 1 is 1.20 bits per heavy atom. The van der Waals surface area contributed by atoms with E-state index in [0.717, 1.165) is 6.07 Å². The van der Waals surface area contributed by atoms with E-state index in [2.05, 4.69) is 5.32 Å². The predicted molar refractivity (Wildman–Crippen MR) is 89.8 cm³/mol. The number of benzene rings is 2. The molecular weight excluding hydrogens is 349 g/mol. The summed E-state index contributed by atoms with van der Waals surface area (Å²) in [7, 11) is 0. The lowest BCUT2D eigenvalue weighted by Crippen LogP contribution is -2.46. The molecule has 0 aromatic heterocycles. The van der Waals surface area contributed by atoms with Crippen LogP contribution in [0.2, 0.25) is 5.02 Å². The van der Waals surface area contributed by atoms with Gasteiger partial charge in [0, 0.05) is 11.8 Å². The maximum absolute atomic E-state index is 13.8. The highest BCUT2D eigenvalue weighted by atomic mass is 35.5. The molecule has 7 heteroatoms. The number of fused-ring (bicyclic) bond motifs is 1. The number of nitrogens with one attached hydrogen (secondary N) is 1. The molecule has 3 rings (SSSR count). The molecule has 0 fully saturated rings. The second-order valence-electron chi connectivity index (χ2n) is 6.03. The Morgan fingerprint density at radius 2 is 1.92 bits per heavy atom. The molecule has 0 bridgehead atoms. The Kier molecular flexibility index (Phi) is 4.08. The number of ketones is 2. The molecule has 2 aromatic carbocycles. The Labute approximate surface area is 147 Å². The first-order valence-corrected chi connectivity index (χ1v) is 7.76. The average Bonchev–Trinajstić information content (AvgIpc) is 2.52. The maximum atomic E-state index is 13.8. The summed E-state index contributed by atoms with van der Waals surface area (Å²) in [4.78, 5) is 36.3. The highest BCUT2D eigenvalue weighted by Gasteiger charge is 2.41. The highest BCUT2D eigenvalue weighted by Crippen LogP contribution is 2.33. The fourth-order valence-electron chi connectivity index (χ4n) is 2.50. The zero-order chi connectivity index (χ0) is 18.4. The zero-order valence-electron chi connectivity index (χ0n) is 13.4. The Bertz CT molecular complexity index is 903. The minimum absolute atomic E-state index is 0.0198. The van der Waals surface area contributed by atoms with Crippen molar-refractivity contribution in [3.63, 3.8) is 0 Å². The molecule has 0 aliphatic carbocycles. The fraction of sp³-hybridized carbons (Fsp3) is 0.167. The van der Waals surface area contributed by atoms with E-state index < -0.39 is 28.9 Å². The summed E-state index contributed by atoms with van der Waals surface area (Å²) in [5.74, 6) is -2.61. The van der Waals surface area contributed by atoms with Crippen LogP contribution in [0.1, 0.15) is 34.6 Å². The Balaban J connectivity index is 1.92. The summed E-state index contributed by atoms with van der Waals surface area (Å²) in [6.45, 7) is 2.97. The Morgan fingerprint density at radius 3 is 2.60 bits per heavy atom. The molecule has 0 unspecified atom stereocenters. The molecular formula is C18H13ClFNO4. The maximum Gasteiger partial charge on any atom is 0.260 e. The first-order chi connectivity index (χ1) is 11.7. The largest absolute Gasteiger partial charge is 0.479 e. The summed E-state index contributed by atoms with van der Waals surface area (Å²) in [6.07, 6.45) is 0. The van der Waals surface area contributed by atoms with Gasteiger partial charge in [-0.15, -0.1) is 0 Å². The van der Waals surface area contributed by atoms with Crippen molar-refractivity contribution in [3.8, 4) is 5.75 Å². The lowest BCUT2D eigenvalue weighted by Gasteiger charge is -2.30. The highest BCUT2D eigenvalue weighted by molar-refractivity contribution is 6.47. The molecule has 1 aliphatic heterocycles. The number of rotatable bonds is 2.